The predicted molar refractivity (Wildman–Crippen MR) is 453 cm³/mol. The third-order valence-electron chi connectivity index (χ3n) is 19.4. The van der Waals surface area contributed by atoms with Crippen LogP contribution in [0, 0.1) is 23.7 Å². The summed E-state index contributed by atoms with van der Waals surface area (Å²) in [6.45, 7) is 16.0. The first-order valence-electron chi connectivity index (χ1n) is 41.3. The monoisotopic (exact) mass is 1750 g/mol. The van der Waals surface area contributed by atoms with Crippen molar-refractivity contribution in [2.45, 2.75) is 269 Å². The van der Waals surface area contributed by atoms with E-state index in [0.29, 0.717) is 37.0 Å². The fourth-order valence-corrected chi connectivity index (χ4v) is 13.0. The molecule has 2 aromatic heterocycles. The normalized spacial score (nSPS) is 15.0. The molecule has 42 nitrogen and oxygen atoms in total. The first-order chi connectivity index (χ1) is 58.1. The molecule has 15 amide bonds. The van der Waals surface area contributed by atoms with Crippen LogP contribution in [-0.2, 0) is 101 Å². The van der Waals surface area contributed by atoms with Gasteiger partial charge in [-0.2, -0.15) is 11.8 Å². The summed E-state index contributed by atoms with van der Waals surface area (Å²) in [5.74, 6) is -17.4. The number of imidazole rings is 2. The number of aliphatic hydroxyl groups excluding tert-OH is 1. The summed E-state index contributed by atoms with van der Waals surface area (Å²) in [5, 5.41) is 66.3. The second-order valence-electron chi connectivity index (χ2n) is 31.9. The number of carbonyl (C=O) groups is 17. The molecule has 686 valence electrons. The van der Waals surface area contributed by atoms with Gasteiger partial charge in [-0.1, -0.05) is 85.7 Å². The Hall–Kier alpha value is -11.2. The molecule has 0 aliphatic heterocycles. The molecular weight excluding hydrogens is 1620 g/mol. The lowest BCUT2D eigenvalue weighted by Gasteiger charge is -2.29. The number of unbranched alkanes of at least 4 members (excludes halogenated alkanes) is 2. The zero-order chi connectivity index (χ0) is 92.2. The van der Waals surface area contributed by atoms with Gasteiger partial charge in [-0.05, 0) is 145 Å². The number of amides is 15. The van der Waals surface area contributed by atoms with Gasteiger partial charge in [0.25, 0.3) is 0 Å². The largest absolute Gasteiger partial charge is 0.481 e. The van der Waals surface area contributed by atoms with Gasteiger partial charge in [-0.15, -0.1) is 0 Å². The van der Waals surface area contributed by atoms with Gasteiger partial charge in [0.05, 0.1) is 31.3 Å². The van der Waals surface area contributed by atoms with Crippen LogP contribution in [-0.4, -0.2) is 258 Å². The number of primary amides is 1. The molecule has 0 unspecified atom stereocenters. The second-order valence-corrected chi connectivity index (χ2v) is 32.9. The van der Waals surface area contributed by atoms with Crippen molar-refractivity contribution >= 4 is 112 Å². The number of benzene rings is 1. The van der Waals surface area contributed by atoms with Crippen molar-refractivity contribution in [1.29, 1.82) is 0 Å². The van der Waals surface area contributed by atoms with Crippen LogP contribution in [0.2, 0.25) is 0 Å². The number of carboxylic acids is 2. The van der Waals surface area contributed by atoms with Gasteiger partial charge in [-0.3, -0.25) is 81.5 Å². The molecule has 0 spiro atoms. The molecule has 3 rings (SSSR count). The number of carbonyl (C=O) groups excluding carboxylic acids is 15. The number of hydrogen-bond donors (Lipinski definition) is 23. The minimum atomic E-state index is -1.92. The summed E-state index contributed by atoms with van der Waals surface area (Å²) in [4.78, 5) is 249. The Kier molecular flexibility index (Phi) is 48.1. The van der Waals surface area contributed by atoms with Crippen molar-refractivity contribution < 1.29 is 96.8 Å². The highest BCUT2D eigenvalue weighted by atomic mass is 32.2. The van der Waals surface area contributed by atoms with Crippen LogP contribution in [0.3, 0.4) is 0 Å². The number of carboxylic acid groups (broad SMARTS) is 2. The molecule has 0 aliphatic rings. The minimum Gasteiger partial charge on any atom is -0.481 e. The van der Waals surface area contributed by atoms with E-state index in [1.165, 1.54) is 43.7 Å². The highest BCUT2D eigenvalue weighted by Gasteiger charge is 2.39. The first kappa shape index (κ1) is 106. The average molecular weight is 1750 g/mol. The molecule has 0 saturated carbocycles. The van der Waals surface area contributed by atoms with E-state index in [1.54, 1.807) is 78.1 Å². The van der Waals surface area contributed by atoms with Crippen LogP contribution in [0.4, 0.5) is 0 Å². The number of nitrogens with one attached hydrogen (secondary N) is 16. The summed E-state index contributed by atoms with van der Waals surface area (Å²) in [6, 6.07) is -12.1. The molecule has 3 aromatic rings. The van der Waals surface area contributed by atoms with Crippen LogP contribution in [0.5, 0.6) is 0 Å². The maximum absolute atomic E-state index is 14.9. The van der Waals surface area contributed by atoms with Crippen LogP contribution in [0.25, 0.3) is 0 Å². The zero-order valence-corrected chi connectivity index (χ0v) is 72.7. The molecule has 0 fully saturated rings. The number of aliphatic hydroxyl groups is 1. The maximum atomic E-state index is 14.9. The standard InChI is InChI=1S/C80H130N22O20S/c1-42(2)31-56(72(113)94-54(24-26-64(106)107)71(112)102-66(47(10)103)79(120)101-59(34-48-19-13-12-14-20-48)75(116)93-52(22-16-18-29-82)68(109)90-46(9)80(121)122)96-77(118)61(36-50-38-86-41-89-50)99-74(115)57(32-43(3)4)97-76(117)60(35-49-37-85-40-88-49)98-69(110)53(23-25-62(83)104)91-63(105)39-87-67(108)51(21-15-17-28-81)92-70(111)55(27-30-123-11)95-73(114)58(33-44(5)6)100-78(119)65(84)45(7)8/h12-14,19-20,37-38,40-47,51-61,65-66,103H,15-18,21-36,39,81-82,84H2,1-11H3,(H2,83,104)(H,85,88)(H,86,89)(H,87,108)(H,90,109)(H,91,105)(H,92,111)(H,93,116)(H,94,113)(H,95,114)(H,96,118)(H,97,117)(H,98,110)(H,99,115)(H,100,119)(H,101,120)(H,102,112)(H,106,107)(H,121,122)/t46-,47+,51-,52-,53-,54-,55-,56-,57-,58-,59-,60-,61-,65-,66-/m0/s1. The molecule has 0 radical (unpaired) electrons. The molecule has 15 atom stereocenters. The predicted octanol–water partition coefficient (Wildman–Crippen LogP) is -3.67. The molecule has 1 aromatic carbocycles. The van der Waals surface area contributed by atoms with E-state index in [-0.39, 0.29) is 100 Å². The van der Waals surface area contributed by atoms with Gasteiger partial charge in [0.2, 0.25) is 88.6 Å². The summed E-state index contributed by atoms with van der Waals surface area (Å²) >= 11 is 1.39. The number of nitrogens with zero attached hydrogens (tertiary/aromatic N) is 2. The van der Waals surface area contributed by atoms with Crippen molar-refractivity contribution in [1.82, 2.24) is 94.4 Å². The topological polar surface area (TPSA) is 681 Å². The van der Waals surface area contributed by atoms with Crippen LogP contribution < -0.4 is 97.4 Å². The zero-order valence-electron chi connectivity index (χ0n) is 71.9. The smallest absolute Gasteiger partial charge is 0.325 e. The number of aliphatic carboxylic acids is 2. The van der Waals surface area contributed by atoms with Crippen LogP contribution in [0.1, 0.15) is 176 Å². The van der Waals surface area contributed by atoms with Crippen molar-refractivity contribution in [2.75, 3.05) is 31.6 Å². The summed E-state index contributed by atoms with van der Waals surface area (Å²) in [7, 11) is 0. The van der Waals surface area contributed by atoms with E-state index in [2.05, 4.69) is 94.4 Å². The Labute approximate surface area is 720 Å². The Balaban J connectivity index is 1.96. The second kappa shape index (κ2) is 55.8. The number of nitrogens with two attached hydrogens (primary N) is 4. The molecule has 0 aliphatic carbocycles. The Morgan fingerprint density at radius 1 is 0.423 bits per heavy atom. The number of hydrogen-bond acceptors (Lipinski definition) is 24. The van der Waals surface area contributed by atoms with E-state index in [9.17, 15) is 96.8 Å². The molecular formula is C80H130N22O20S. The molecule has 0 saturated heterocycles. The lowest BCUT2D eigenvalue weighted by Crippen LogP contribution is -2.62. The summed E-state index contributed by atoms with van der Waals surface area (Å²) in [6.07, 6.45) is 3.66. The van der Waals surface area contributed by atoms with Crippen molar-refractivity contribution in [2.24, 2.45) is 46.6 Å². The average Bonchev–Trinajstić information content (AvgIpc) is 1.41. The van der Waals surface area contributed by atoms with Crippen molar-refractivity contribution in [3.8, 4) is 0 Å². The SMILES string of the molecule is CSCC[C@H](NC(=O)[C@H](CC(C)C)NC(=O)[C@@H](N)C(C)C)C(=O)N[C@@H](CCCCN)C(=O)NCC(=O)N[C@@H](CCC(N)=O)C(=O)N[C@@H](Cc1cnc[nH]1)C(=O)N[C@@H](CC(C)C)C(=O)N[C@@H](Cc1cnc[nH]1)C(=O)N[C@@H](CC(C)C)C(=O)N[C@@H](CCC(=O)O)C(=O)N[C@H](C(=O)N[C@@H](Cc1ccccc1)C(=O)N[C@@H](CCCCN)C(=O)N[C@@H](C)C(=O)O)[C@@H](C)O. The van der Waals surface area contributed by atoms with E-state index in [1.807, 2.05) is 13.8 Å². The lowest BCUT2D eigenvalue weighted by atomic mass is 9.99. The van der Waals surface area contributed by atoms with Crippen LogP contribution >= 0.6 is 11.8 Å². The van der Waals surface area contributed by atoms with Crippen molar-refractivity contribution in [3.05, 3.63) is 72.3 Å². The van der Waals surface area contributed by atoms with Crippen molar-refractivity contribution in [3.63, 3.8) is 0 Å². The fourth-order valence-electron chi connectivity index (χ4n) is 12.5. The number of aromatic nitrogens is 4. The number of rotatable bonds is 60. The van der Waals surface area contributed by atoms with Gasteiger partial charge < -0.3 is 123 Å². The number of H-pyrrole nitrogens is 2. The highest BCUT2D eigenvalue weighted by Crippen LogP contribution is 2.17. The molecule has 27 N–H and O–H groups in total. The van der Waals surface area contributed by atoms with E-state index < -0.39 is 229 Å². The minimum absolute atomic E-state index is 0.00502. The first-order valence-corrected chi connectivity index (χ1v) is 42.7. The molecule has 2 heterocycles. The van der Waals surface area contributed by atoms with Gasteiger partial charge in [-0.25, -0.2) is 9.97 Å². The quantitative estimate of drug-likeness (QED) is 0.0242. The summed E-state index contributed by atoms with van der Waals surface area (Å²) in [5.41, 5.74) is 24.2. The number of aromatic amines is 2. The molecule has 0 bridgehead atoms. The molecule has 123 heavy (non-hydrogen) atoms. The Bertz CT molecular complexity index is 3910. The van der Waals surface area contributed by atoms with E-state index in [4.69, 9.17) is 22.9 Å². The third kappa shape index (κ3) is 40.6. The van der Waals surface area contributed by atoms with E-state index in [0.717, 1.165) is 6.92 Å². The van der Waals surface area contributed by atoms with E-state index >= 15 is 0 Å². The number of thioether (sulfide) groups is 1. The highest BCUT2D eigenvalue weighted by molar-refractivity contribution is 7.98. The van der Waals surface area contributed by atoms with Crippen LogP contribution in [0.15, 0.2) is 55.4 Å². The lowest BCUT2D eigenvalue weighted by molar-refractivity contribution is -0.142. The maximum Gasteiger partial charge on any atom is 0.325 e. The fraction of sp³-hybridized carbons (Fsp3) is 0.637. The summed E-state index contributed by atoms with van der Waals surface area (Å²) < 4.78 is 0. The Morgan fingerprint density at radius 3 is 1.19 bits per heavy atom. The van der Waals surface area contributed by atoms with Gasteiger partial charge in [0, 0.05) is 55.9 Å². The third-order valence-corrected chi connectivity index (χ3v) is 20.1. The van der Waals surface area contributed by atoms with Gasteiger partial charge >= 0.3 is 11.9 Å². The molecule has 43 heteroatoms. The van der Waals surface area contributed by atoms with Gasteiger partial charge in [0.1, 0.15) is 78.5 Å². The Morgan fingerprint density at radius 2 is 0.789 bits per heavy atom. The van der Waals surface area contributed by atoms with Gasteiger partial charge in [0.15, 0.2) is 0 Å².